The molecule has 350 valence electrons. The standard InChI is InChI=1S/C40H42F9N11O4S/c1-57-32-17-24(2-4-29(32)35(56-57)60-15-10-33(61)54-37(60)62)23-6-11-58(12-7-23)21-25-16-28(3-5-30(25)39(44,45)46)65(63,64)59-13-8-27(9-14-59)53-36-52-20-31(40(47,48)49)34(55-36)26(18-50)19-51-22-38(41,42)43/h2-5,16-20,23,27H,6-15,21-22,50H2,1H3,(H,52,53,55)(H,54,61,62)/b26-18+,51-19?. The second kappa shape index (κ2) is 18.2. The number of likely N-dealkylation sites (tertiary alicyclic amines) is 1. The molecule has 0 spiro atoms. The van der Waals surface area contributed by atoms with Crippen LogP contribution >= 0.6 is 0 Å². The molecule has 3 aliphatic rings. The number of hydrogen-bond donors (Lipinski definition) is 3. The number of sulfonamides is 1. The number of carbonyl (C=O) groups excluding carboxylic acids is 2. The molecule has 4 aromatic rings. The van der Waals surface area contributed by atoms with Gasteiger partial charge in [-0.1, -0.05) is 6.07 Å². The molecule has 0 aliphatic carbocycles. The molecule has 0 unspecified atom stereocenters. The lowest BCUT2D eigenvalue weighted by atomic mass is 9.88. The van der Waals surface area contributed by atoms with Crippen molar-refractivity contribution in [2.45, 2.75) is 74.0 Å². The van der Waals surface area contributed by atoms with Gasteiger partial charge in [0.2, 0.25) is 21.9 Å². The van der Waals surface area contributed by atoms with E-state index >= 15 is 0 Å². The van der Waals surface area contributed by atoms with Crippen molar-refractivity contribution in [2.75, 3.05) is 49.5 Å². The van der Waals surface area contributed by atoms with Crippen LogP contribution in [0.3, 0.4) is 0 Å². The molecule has 2 aromatic heterocycles. The molecule has 0 radical (unpaired) electrons. The topological polar surface area (TPSA) is 184 Å². The molecule has 4 N–H and O–H groups in total. The predicted octanol–water partition coefficient (Wildman–Crippen LogP) is 6.42. The van der Waals surface area contributed by atoms with Crippen LogP contribution in [-0.2, 0) is 40.8 Å². The fourth-order valence-corrected chi connectivity index (χ4v) is 9.68. The highest BCUT2D eigenvalue weighted by atomic mass is 32.2. The van der Waals surface area contributed by atoms with Gasteiger partial charge in [-0.3, -0.25) is 29.6 Å². The summed E-state index contributed by atoms with van der Waals surface area (Å²) in [7, 11) is -2.59. The summed E-state index contributed by atoms with van der Waals surface area (Å²) in [6, 6.07) is 7.31. The number of nitrogens with zero attached hydrogens (tertiary/aromatic N) is 8. The lowest BCUT2D eigenvalue weighted by Gasteiger charge is -2.33. The minimum absolute atomic E-state index is 0.0512. The highest BCUT2D eigenvalue weighted by Gasteiger charge is 2.39. The van der Waals surface area contributed by atoms with Crippen molar-refractivity contribution in [2.24, 2.45) is 17.8 Å². The van der Waals surface area contributed by atoms with Crippen LogP contribution in [0.1, 0.15) is 66.0 Å². The number of nitrogens with two attached hydrogens (primary N) is 1. The third-order valence-electron chi connectivity index (χ3n) is 11.5. The van der Waals surface area contributed by atoms with Crippen LogP contribution in [0.4, 0.5) is 56.1 Å². The van der Waals surface area contributed by atoms with Gasteiger partial charge in [0.15, 0.2) is 5.82 Å². The first-order valence-electron chi connectivity index (χ1n) is 20.2. The number of aliphatic imine (C=N–C) groups is 1. The maximum Gasteiger partial charge on any atom is 0.419 e. The van der Waals surface area contributed by atoms with Gasteiger partial charge in [-0.25, -0.2) is 23.2 Å². The Morgan fingerprint density at radius 3 is 2.25 bits per heavy atom. The fourth-order valence-electron chi connectivity index (χ4n) is 8.16. The Bertz CT molecular complexity index is 2620. The van der Waals surface area contributed by atoms with E-state index in [1.165, 1.54) is 4.90 Å². The number of alkyl halides is 9. The predicted molar refractivity (Wildman–Crippen MR) is 219 cm³/mol. The van der Waals surface area contributed by atoms with Crippen LogP contribution in [0.25, 0.3) is 16.5 Å². The summed E-state index contributed by atoms with van der Waals surface area (Å²) in [4.78, 5) is 37.7. The third-order valence-corrected chi connectivity index (χ3v) is 13.4. The van der Waals surface area contributed by atoms with Crippen molar-refractivity contribution in [3.63, 3.8) is 0 Å². The van der Waals surface area contributed by atoms with Gasteiger partial charge >= 0.3 is 24.6 Å². The van der Waals surface area contributed by atoms with Crippen LogP contribution in [0.15, 0.2) is 58.7 Å². The number of carbonyl (C=O) groups is 2. The second-order valence-corrected chi connectivity index (χ2v) is 17.8. The number of imide groups is 1. The molecule has 0 atom stereocenters. The molecule has 5 heterocycles. The van der Waals surface area contributed by atoms with Gasteiger partial charge < -0.3 is 11.1 Å². The number of nitrogens with one attached hydrogen (secondary N) is 2. The molecule has 25 heteroatoms. The monoisotopic (exact) mass is 943 g/mol. The molecule has 0 saturated carbocycles. The smallest absolute Gasteiger partial charge is 0.404 e. The number of fused-ring (bicyclic) bond motifs is 1. The minimum atomic E-state index is -5.01. The van der Waals surface area contributed by atoms with Crippen LogP contribution < -0.4 is 21.3 Å². The summed E-state index contributed by atoms with van der Waals surface area (Å²) in [6.07, 6.45) is -11.5. The summed E-state index contributed by atoms with van der Waals surface area (Å²) in [5, 5.41) is 10.4. The summed E-state index contributed by atoms with van der Waals surface area (Å²) in [5.74, 6) is -0.243. The van der Waals surface area contributed by atoms with E-state index in [1.54, 1.807) is 11.7 Å². The minimum Gasteiger partial charge on any atom is -0.404 e. The number of allylic oxidation sites excluding steroid dienone is 1. The Labute approximate surface area is 365 Å². The van der Waals surface area contributed by atoms with Gasteiger partial charge in [0.25, 0.3) is 0 Å². The van der Waals surface area contributed by atoms with Gasteiger partial charge in [0.1, 0.15) is 12.1 Å². The van der Waals surface area contributed by atoms with Crippen molar-refractivity contribution in [3.8, 4) is 0 Å². The second-order valence-electron chi connectivity index (χ2n) is 15.8. The fraction of sp³-hybridized carbons (Fsp3) is 0.450. The number of hydrogen-bond acceptors (Lipinski definition) is 11. The largest absolute Gasteiger partial charge is 0.419 e. The van der Waals surface area contributed by atoms with Crippen molar-refractivity contribution >= 4 is 56.4 Å². The van der Waals surface area contributed by atoms with Crippen molar-refractivity contribution in [1.82, 2.24) is 34.3 Å². The zero-order chi connectivity index (χ0) is 47.1. The maximum absolute atomic E-state index is 14.3. The quantitative estimate of drug-likeness (QED) is 0.112. The van der Waals surface area contributed by atoms with E-state index in [0.29, 0.717) is 55.7 Å². The molecule has 3 aliphatic heterocycles. The molecule has 3 saturated heterocycles. The molecule has 15 nitrogen and oxygen atoms in total. The Balaban J connectivity index is 1.00. The van der Waals surface area contributed by atoms with Gasteiger partial charge in [-0.05, 0) is 86.1 Å². The Morgan fingerprint density at radius 2 is 1.62 bits per heavy atom. The molecule has 3 fully saturated rings. The van der Waals surface area contributed by atoms with Crippen molar-refractivity contribution in [1.29, 1.82) is 0 Å². The van der Waals surface area contributed by atoms with Gasteiger partial charge in [0.05, 0.1) is 21.7 Å². The number of halogens is 9. The SMILES string of the molecule is Cn1nc(N2CCC(=O)NC2=O)c2ccc(C3CCN(Cc4cc(S(=O)(=O)N5CCC(Nc6ncc(C(F)(F)F)c(/C(C=NCC(F)(F)F)=C/N)n6)CC5)ccc4C(F)(F)F)CC3)cc21. The average Bonchev–Trinajstić information content (AvgIpc) is 3.56. The van der Waals surface area contributed by atoms with E-state index in [1.807, 2.05) is 23.1 Å². The number of aromatic nitrogens is 4. The van der Waals surface area contributed by atoms with Crippen LogP contribution in [0.5, 0.6) is 0 Å². The first-order chi connectivity index (χ1) is 30.5. The van der Waals surface area contributed by atoms with Crippen LogP contribution in [-0.4, -0.2) is 107 Å². The van der Waals surface area contributed by atoms with Gasteiger partial charge in [-0.2, -0.15) is 48.9 Å². The first-order valence-corrected chi connectivity index (χ1v) is 21.7. The zero-order valence-electron chi connectivity index (χ0n) is 34.4. The van der Waals surface area contributed by atoms with Crippen molar-refractivity contribution < 1.29 is 57.5 Å². The highest BCUT2D eigenvalue weighted by molar-refractivity contribution is 7.89. The molecular weight excluding hydrogens is 902 g/mol. The van der Waals surface area contributed by atoms with Crippen LogP contribution in [0, 0.1) is 0 Å². The number of aryl methyl sites for hydroxylation is 1. The molecule has 2 aromatic carbocycles. The number of urea groups is 1. The normalized spacial score (nSPS) is 18.6. The first kappa shape index (κ1) is 47.2. The third kappa shape index (κ3) is 10.7. The van der Waals surface area contributed by atoms with E-state index < -0.39 is 69.6 Å². The van der Waals surface area contributed by atoms with Crippen LogP contribution in [0.2, 0.25) is 0 Å². The number of benzene rings is 2. The van der Waals surface area contributed by atoms with Gasteiger partial charge in [0, 0.05) is 75.3 Å². The van der Waals surface area contributed by atoms with Crippen molar-refractivity contribution in [3.05, 3.63) is 76.7 Å². The number of amides is 3. The van der Waals surface area contributed by atoms with E-state index in [9.17, 15) is 57.5 Å². The number of anilines is 2. The van der Waals surface area contributed by atoms with E-state index in [0.717, 1.165) is 33.6 Å². The summed E-state index contributed by atoms with van der Waals surface area (Å²) < 4.78 is 153. The number of piperidine rings is 2. The summed E-state index contributed by atoms with van der Waals surface area (Å²) >= 11 is 0. The zero-order valence-corrected chi connectivity index (χ0v) is 35.3. The lowest BCUT2D eigenvalue weighted by Crippen LogP contribution is -2.49. The lowest BCUT2D eigenvalue weighted by molar-refractivity contribution is -0.139. The van der Waals surface area contributed by atoms with E-state index in [2.05, 4.69) is 30.7 Å². The Hall–Kier alpha value is -5.82. The van der Waals surface area contributed by atoms with Gasteiger partial charge in [-0.15, -0.1) is 0 Å². The Kier molecular flexibility index (Phi) is 13.2. The van der Waals surface area contributed by atoms with E-state index in [4.69, 9.17) is 5.73 Å². The molecular formula is C40H42F9N11O4S. The molecule has 0 bridgehead atoms. The molecule has 65 heavy (non-hydrogen) atoms. The molecule has 3 amide bonds. The summed E-state index contributed by atoms with van der Waals surface area (Å²) in [5.41, 5.74) is 3.20. The van der Waals surface area contributed by atoms with E-state index in [-0.39, 0.29) is 73.7 Å². The summed E-state index contributed by atoms with van der Waals surface area (Å²) in [6.45, 7) is -1.10. The highest BCUT2D eigenvalue weighted by Crippen LogP contribution is 2.38. The molecule has 7 rings (SSSR count). The Morgan fingerprint density at radius 1 is 0.923 bits per heavy atom. The maximum atomic E-state index is 14.3. The number of rotatable bonds is 11. The average molecular weight is 944 g/mol.